The number of alkyl halides is 2. The molecule has 0 amide bonds. The SMILES string of the molecule is CN(c1ccc(Cl)cc1)c1ccc(C(=O)c2cc(Nc3ccc4c(c3)OC(F)(F)O4)cc(C(=O)O)c2)cc1. The van der Waals surface area contributed by atoms with Crippen LogP contribution in [0.1, 0.15) is 26.3 Å². The largest absolute Gasteiger partial charge is 0.586 e. The molecule has 7 nitrogen and oxygen atoms in total. The number of hydrogen-bond donors (Lipinski definition) is 2. The molecule has 0 aliphatic carbocycles. The van der Waals surface area contributed by atoms with Gasteiger partial charge in [-0.15, -0.1) is 8.78 Å². The van der Waals surface area contributed by atoms with Crippen LogP contribution in [0.5, 0.6) is 11.5 Å². The first kappa shape index (κ1) is 25.0. The van der Waals surface area contributed by atoms with Crippen molar-refractivity contribution in [3.63, 3.8) is 0 Å². The Kier molecular flexibility index (Phi) is 6.38. The fourth-order valence-electron chi connectivity index (χ4n) is 3.96. The maximum atomic E-state index is 13.3. The van der Waals surface area contributed by atoms with E-state index >= 15 is 0 Å². The van der Waals surface area contributed by atoms with Crippen molar-refractivity contribution in [1.29, 1.82) is 0 Å². The highest BCUT2D eigenvalue weighted by Gasteiger charge is 2.43. The molecule has 0 spiro atoms. The summed E-state index contributed by atoms with van der Waals surface area (Å²) in [5, 5.41) is 13.1. The van der Waals surface area contributed by atoms with Crippen molar-refractivity contribution in [3.8, 4) is 11.5 Å². The molecule has 0 saturated carbocycles. The topological polar surface area (TPSA) is 88.1 Å². The van der Waals surface area contributed by atoms with Gasteiger partial charge in [0.1, 0.15) is 0 Å². The molecule has 5 rings (SSSR count). The molecule has 0 bridgehead atoms. The number of benzene rings is 4. The first-order valence-corrected chi connectivity index (χ1v) is 11.7. The lowest BCUT2D eigenvalue weighted by atomic mass is 10.00. The minimum Gasteiger partial charge on any atom is -0.478 e. The van der Waals surface area contributed by atoms with Gasteiger partial charge in [-0.3, -0.25) is 4.79 Å². The second-order valence-corrected chi connectivity index (χ2v) is 8.91. The van der Waals surface area contributed by atoms with E-state index in [2.05, 4.69) is 14.8 Å². The Morgan fingerprint density at radius 1 is 0.789 bits per heavy atom. The fraction of sp³-hybridized carbons (Fsp3) is 0.0714. The molecular formula is C28H19ClF2N2O5. The van der Waals surface area contributed by atoms with Crippen molar-refractivity contribution >= 4 is 46.1 Å². The average molecular weight is 537 g/mol. The van der Waals surface area contributed by atoms with E-state index in [0.717, 1.165) is 11.4 Å². The van der Waals surface area contributed by atoms with E-state index < -0.39 is 12.3 Å². The highest BCUT2D eigenvalue weighted by molar-refractivity contribution is 6.30. The van der Waals surface area contributed by atoms with Crippen LogP contribution >= 0.6 is 11.6 Å². The normalized spacial score (nSPS) is 13.2. The van der Waals surface area contributed by atoms with Crippen molar-refractivity contribution in [1.82, 2.24) is 0 Å². The molecule has 38 heavy (non-hydrogen) atoms. The number of aromatic carboxylic acids is 1. The second-order valence-electron chi connectivity index (χ2n) is 8.47. The van der Waals surface area contributed by atoms with Gasteiger partial charge in [0, 0.05) is 52.0 Å². The first-order valence-electron chi connectivity index (χ1n) is 11.3. The van der Waals surface area contributed by atoms with Crippen molar-refractivity contribution in [3.05, 3.63) is 107 Å². The summed E-state index contributed by atoms with van der Waals surface area (Å²) in [6.45, 7) is 0. The van der Waals surface area contributed by atoms with Crippen LogP contribution in [0.25, 0.3) is 0 Å². The van der Waals surface area contributed by atoms with Crippen molar-refractivity contribution in [2.45, 2.75) is 6.29 Å². The Balaban J connectivity index is 1.39. The minimum atomic E-state index is -3.76. The number of carbonyl (C=O) groups excluding carboxylic acids is 1. The number of halogens is 3. The van der Waals surface area contributed by atoms with Crippen molar-refractivity contribution in [2.75, 3.05) is 17.3 Å². The number of anilines is 4. The molecule has 10 heteroatoms. The molecule has 0 radical (unpaired) electrons. The van der Waals surface area contributed by atoms with E-state index in [1.54, 1.807) is 36.4 Å². The van der Waals surface area contributed by atoms with Gasteiger partial charge in [0.15, 0.2) is 17.3 Å². The van der Waals surface area contributed by atoms with Crippen LogP contribution < -0.4 is 19.7 Å². The number of carboxylic acids is 1. The minimum absolute atomic E-state index is 0.121. The van der Waals surface area contributed by atoms with Gasteiger partial charge in [-0.25, -0.2) is 4.79 Å². The Hall–Kier alpha value is -4.63. The van der Waals surface area contributed by atoms with Crippen LogP contribution in [-0.2, 0) is 0 Å². The van der Waals surface area contributed by atoms with Crippen LogP contribution in [0, 0.1) is 0 Å². The monoisotopic (exact) mass is 536 g/mol. The van der Waals surface area contributed by atoms with Gasteiger partial charge in [-0.2, -0.15) is 0 Å². The zero-order valence-electron chi connectivity index (χ0n) is 19.7. The third kappa shape index (κ3) is 5.23. The molecule has 1 aliphatic heterocycles. The van der Waals surface area contributed by atoms with Gasteiger partial charge >= 0.3 is 12.3 Å². The summed E-state index contributed by atoms with van der Waals surface area (Å²) in [4.78, 5) is 26.9. The van der Waals surface area contributed by atoms with E-state index in [-0.39, 0.29) is 34.1 Å². The lowest BCUT2D eigenvalue weighted by molar-refractivity contribution is -0.286. The predicted octanol–water partition coefficient (Wildman–Crippen LogP) is 7.10. The fourth-order valence-corrected chi connectivity index (χ4v) is 4.09. The number of carboxylic acid groups (broad SMARTS) is 1. The summed E-state index contributed by atoms with van der Waals surface area (Å²) >= 11 is 5.96. The number of nitrogens with one attached hydrogen (secondary N) is 1. The number of carbonyl (C=O) groups is 2. The summed E-state index contributed by atoms with van der Waals surface area (Å²) in [6.07, 6.45) is -3.76. The smallest absolute Gasteiger partial charge is 0.478 e. The lowest BCUT2D eigenvalue weighted by Gasteiger charge is -2.20. The number of nitrogens with zero attached hydrogens (tertiary/aromatic N) is 1. The Morgan fingerprint density at radius 3 is 2.05 bits per heavy atom. The van der Waals surface area contributed by atoms with Gasteiger partial charge in [0.25, 0.3) is 0 Å². The van der Waals surface area contributed by atoms with E-state index in [9.17, 15) is 23.5 Å². The van der Waals surface area contributed by atoms with E-state index in [1.807, 2.05) is 24.1 Å². The zero-order valence-corrected chi connectivity index (χ0v) is 20.5. The van der Waals surface area contributed by atoms with Gasteiger partial charge in [-0.05, 0) is 78.9 Å². The third-order valence-corrected chi connectivity index (χ3v) is 6.11. The number of ether oxygens (including phenoxy) is 2. The van der Waals surface area contributed by atoms with Crippen LogP contribution in [0.15, 0.2) is 84.9 Å². The zero-order chi connectivity index (χ0) is 27.0. The van der Waals surface area contributed by atoms with Crippen LogP contribution in [0.3, 0.4) is 0 Å². The van der Waals surface area contributed by atoms with Gasteiger partial charge in [-0.1, -0.05) is 11.6 Å². The molecule has 0 unspecified atom stereocenters. The third-order valence-electron chi connectivity index (χ3n) is 5.86. The van der Waals surface area contributed by atoms with E-state index in [4.69, 9.17) is 11.6 Å². The molecule has 4 aromatic carbocycles. The molecule has 2 N–H and O–H groups in total. The Bertz CT molecular complexity index is 1540. The predicted molar refractivity (Wildman–Crippen MR) is 139 cm³/mol. The molecule has 4 aromatic rings. The Labute approximate surface area is 220 Å². The van der Waals surface area contributed by atoms with Gasteiger partial charge in [0.2, 0.25) is 0 Å². The van der Waals surface area contributed by atoms with Gasteiger partial charge < -0.3 is 24.8 Å². The molecule has 192 valence electrons. The molecule has 0 aromatic heterocycles. The van der Waals surface area contributed by atoms with Crippen molar-refractivity contribution in [2.24, 2.45) is 0 Å². The Morgan fingerprint density at radius 2 is 1.39 bits per heavy atom. The molecule has 0 atom stereocenters. The van der Waals surface area contributed by atoms with Crippen LogP contribution in [0.2, 0.25) is 5.02 Å². The van der Waals surface area contributed by atoms with Crippen LogP contribution in [-0.4, -0.2) is 30.2 Å². The molecular weight excluding hydrogens is 518 g/mol. The standard InChI is InChI=1S/C28H19ClF2N2O5/c1-33(23-9-4-19(29)5-10-23)22-7-2-16(3-8-22)26(34)17-12-18(27(35)36)14-21(13-17)32-20-6-11-24-25(15-20)38-28(30,31)37-24/h2-15,32H,1H3,(H,35,36). The number of rotatable bonds is 7. The molecule has 0 fully saturated rings. The van der Waals surface area contributed by atoms with Gasteiger partial charge in [0.05, 0.1) is 5.56 Å². The van der Waals surface area contributed by atoms with E-state index in [0.29, 0.717) is 16.3 Å². The van der Waals surface area contributed by atoms with Crippen molar-refractivity contribution < 1.29 is 33.0 Å². The summed E-state index contributed by atoms with van der Waals surface area (Å²) in [6, 6.07) is 22.4. The highest BCUT2D eigenvalue weighted by atomic mass is 35.5. The second kappa shape index (κ2) is 9.68. The first-order chi connectivity index (χ1) is 18.1. The summed E-state index contributed by atoms with van der Waals surface area (Å²) in [5.41, 5.74) is 2.73. The maximum Gasteiger partial charge on any atom is 0.586 e. The average Bonchev–Trinajstić information content (AvgIpc) is 3.21. The van der Waals surface area contributed by atoms with Crippen LogP contribution in [0.4, 0.5) is 31.5 Å². The maximum absolute atomic E-state index is 13.3. The molecule has 1 heterocycles. The number of fused-ring (bicyclic) bond motifs is 1. The summed E-state index contributed by atoms with van der Waals surface area (Å²) in [5.74, 6) is -1.91. The molecule has 1 aliphatic rings. The van der Waals surface area contributed by atoms with E-state index in [1.165, 1.54) is 36.4 Å². The highest BCUT2D eigenvalue weighted by Crippen LogP contribution is 2.42. The quantitative estimate of drug-likeness (QED) is 0.243. The lowest BCUT2D eigenvalue weighted by Crippen LogP contribution is -2.25. The number of ketones is 1. The summed E-state index contributed by atoms with van der Waals surface area (Å²) < 4.78 is 35.5. The number of hydrogen-bond acceptors (Lipinski definition) is 6. The summed E-state index contributed by atoms with van der Waals surface area (Å²) in [7, 11) is 1.88. The molecule has 0 saturated heterocycles.